The van der Waals surface area contributed by atoms with Gasteiger partial charge in [0.05, 0.1) is 5.56 Å². The molecular weight excluding hydrogens is 274 g/mol. The summed E-state index contributed by atoms with van der Waals surface area (Å²) in [6.45, 7) is 0. The Hall–Kier alpha value is -1.17. The molecule has 0 radical (unpaired) electrons. The lowest BCUT2D eigenvalue weighted by Crippen LogP contribution is -2.36. The van der Waals surface area contributed by atoms with Crippen LogP contribution in [0, 0.1) is 5.41 Å². The Labute approximate surface area is 110 Å². The largest absolute Gasteiger partial charge is 0.398 e. The van der Waals surface area contributed by atoms with Gasteiger partial charge in [-0.25, -0.2) is 0 Å². The van der Waals surface area contributed by atoms with Crippen LogP contribution in [0.2, 0.25) is 5.02 Å². The van der Waals surface area contributed by atoms with Gasteiger partial charge < -0.3 is 11.5 Å². The van der Waals surface area contributed by atoms with Crippen molar-refractivity contribution in [2.24, 2.45) is 5.73 Å². The Bertz CT molecular complexity index is 397. The molecular formula is C8H11Cl3N4O. The van der Waals surface area contributed by atoms with Crippen molar-refractivity contribution in [3.8, 4) is 0 Å². The molecule has 5 nitrogen and oxygen atoms in total. The van der Waals surface area contributed by atoms with Gasteiger partial charge in [0, 0.05) is 10.7 Å². The van der Waals surface area contributed by atoms with Crippen LogP contribution in [0.5, 0.6) is 0 Å². The number of hydrogen-bond donors (Lipinski definition) is 4. The molecule has 1 aromatic carbocycles. The van der Waals surface area contributed by atoms with Crippen molar-refractivity contribution in [2.45, 2.75) is 0 Å². The van der Waals surface area contributed by atoms with Crippen LogP contribution in [0.1, 0.15) is 10.4 Å². The highest BCUT2D eigenvalue weighted by atomic mass is 35.5. The van der Waals surface area contributed by atoms with E-state index in [2.05, 4.69) is 5.32 Å². The summed E-state index contributed by atoms with van der Waals surface area (Å²) >= 11 is 5.68. The van der Waals surface area contributed by atoms with Gasteiger partial charge in [0.1, 0.15) is 0 Å². The second kappa shape index (κ2) is 7.16. The lowest BCUT2D eigenvalue weighted by atomic mass is 10.1. The summed E-state index contributed by atoms with van der Waals surface area (Å²) in [6, 6.07) is 4.49. The highest BCUT2D eigenvalue weighted by Crippen LogP contribution is 2.17. The highest BCUT2D eigenvalue weighted by Gasteiger charge is 2.10. The molecule has 0 atom stereocenters. The van der Waals surface area contributed by atoms with Crippen LogP contribution in [0.25, 0.3) is 0 Å². The minimum atomic E-state index is -0.544. The van der Waals surface area contributed by atoms with Crippen LogP contribution in [-0.2, 0) is 0 Å². The zero-order valence-corrected chi connectivity index (χ0v) is 10.4. The number of halogens is 3. The van der Waals surface area contributed by atoms with Gasteiger partial charge in [-0.1, -0.05) is 11.6 Å². The van der Waals surface area contributed by atoms with Crippen LogP contribution in [0.4, 0.5) is 5.69 Å². The molecule has 1 rings (SSSR count). The first-order valence-electron chi connectivity index (χ1n) is 3.71. The van der Waals surface area contributed by atoms with E-state index < -0.39 is 11.9 Å². The first-order valence-corrected chi connectivity index (χ1v) is 4.09. The molecule has 0 saturated carbocycles. The summed E-state index contributed by atoms with van der Waals surface area (Å²) in [5.74, 6) is -0.980. The van der Waals surface area contributed by atoms with Crippen molar-refractivity contribution in [3.05, 3.63) is 28.8 Å². The van der Waals surface area contributed by atoms with Crippen molar-refractivity contribution < 1.29 is 4.79 Å². The molecule has 6 N–H and O–H groups in total. The lowest BCUT2D eigenvalue weighted by Gasteiger charge is -2.05. The van der Waals surface area contributed by atoms with E-state index in [9.17, 15) is 4.79 Å². The van der Waals surface area contributed by atoms with E-state index in [0.717, 1.165) is 0 Å². The standard InChI is InChI=1S/C8H9ClN4O.2ClH/c9-4-1-2-6(10)5(3-4)7(14)13-8(11)12;;/h1-3H,10H2,(H4,11,12,13,14);2*1H. The predicted molar refractivity (Wildman–Crippen MR) is 69.7 cm³/mol. The van der Waals surface area contributed by atoms with Crippen molar-refractivity contribution in [1.29, 1.82) is 5.41 Å². The van der Waals surface area contributed by atoms with E-state index in [1.165, 1.54) is 12.1 Å². The third-order valence-corrected chi connectivity index (χ3v) is 1.74. The predicted octanol–water partition coefficient (Wildman–Crippen LogP) is 1.39. The topological polar surface area (TPSA) is 105 Å². The lowest BCUT2D eigenvalue weighted by molar-refractivity contribution is 0.0977. The number of carbonyl (C=O) groups excluding carboxylic acids is 1. The summed E-state index contributed by atoms with van der Waals surface area (Å²) in [7, 11) is 0. The second-order valence-corrected chi connectivity index (χ2v) is 3.04. The van der Waals surface area contributed by atoms with Gasteiger partial charge in [0.25, 0.3) is 5.91 Å². The van der Waals surface area contributed by atoms with Gasteiger partial charge in [-0.2, -0.15) is 0 Å². The molecule has 0 aliphatic carbocycles. The number of anilines is 1. The Balaban J connectivity index is 0. The molecule has 1 aromatic rings. The normalized spacial score (nSPS) is 8.31. The molecule has 1 amide bonds. The monoisotopic (exact) mass is 284 g/mol. The Morgan fingerprint density at radius 3 is 2.44 bits per heavy atom. The zero-order valence-electron chi connectivity index (χ0n) is 7.99. The fraction of sp³-hybridized carbons (Fsp3) is 0. The smallest absolute Gasteiger partial charge is 0.260 e. The number of guanidine groups is 1. The van der Waals surface area contributed by atoms with Gasteiger partial charge >= 0.3 is 0 Å². The molecule has 90 valence electrons. The van der Waals surface area contributed by atoms with E-state index in [1.807, 2.05) is 0 Å². The number of nitrogen functional groups attached to an aromatic ring is 1. The number of hydrogen-bond acceptors (Lipinski definition) is 3. The van der Waals surface area contributed by atoms with E-state index in [-0.39, 0.29) is 36.1 Å². The first-order chi connectivity index (χ1) is 6.50. The van der Waals surface area contributed by atoms with Gasteiger partial charge in [0.15, 0.2) is 5.96 Å². The van der Waals surface area contributed by atoms with Crippen LogP contribution < -0.4 is 16.8 Å². The fourth-order valence-electron chi connectivity index (χ4n) is 0.915. The van der Waals surface area contributed by atoms with Crippen LogP contribution >= 0.6 is 36.4 Å². The minimum absolute atomic E-state index is 0. The average molecular weight is 286 g/mol. The number of benzene rings is 1. The van der Waals surface area contributed by atoms with Gasteiger partial charge in [0.2, 0.25) is 0 Å². The van der Waals surface area contributed by atoms with Gasteiger partial charge in [-0.05, 0) is 18.2 Å². The molecule has 0 aliphatic heterocycles. The number of amides is 1. The average Bonchev–Trinajstić information content (AvgIpc) is 2.08. The maximum absolute atomic E-state index is 11.4. The maximum atomic E-state index is 11.4. The summed E-state index contributed by atoms with van der Waals surface area (Å²) < 4.78 is 0. The molecule has 0 bridgehead atoms. The third-order valence-electron chi connectivity index (χ3n) is 1.51. The van der Waals surface area contributed by atoms with Crippen LogP contribution in [0.15, 0.2) is 18.2 Å². The van der Waals surface area contributed by atoms with Crippen molar-refractivity contribution in [2.75, 3.05) is 5.73 Å². The molecule has 8 heteroatoms. The van der Waals surface area contributed by atoms with Crippen LogP contribution in [-0.4, -0.2) is 11.9 Å². The quantitative estimate of drug-likeness (QED) is 0.356. The minimum Gasteiger partial charge on any atom is -0.398 e. The van der Waals surface area contributed by atoms with Gasteiger partial charge in [-0.15, -0.1) is 24.8 Å². The summed E-state index contributed by atoms with van der Waals surface area (Å²) in [5.41, 5.74) is 11.0. The van der Waals surface area contributed by atoms with E-state index >= 15 is 0 Å². The second-order valence-electron chi connectivity index (χ2n) is 2.60. The van der Waals surface area contributed by atoms with Crippen molar-refractivity contribution in [1.82, 2.24) is 5.32 Å². The first kappa shape index (κ1) is 17.2. The number of carbonyl (C=O) groups is 1. The molecule has 0 unspecified atom stereocenters. The van der Waals surface area contributed by atoms with Crippen molar-refractivity contribution >= 4 is 54.0 Å². The number of rotatable bonds is 1. The van der Waals surface area contributed by atoms with Crippen molar-refractivity contribution in [3.63, 3.8) is 0 Å². The summed E-state index contributed by atoms with van der Waals surface area (Å²) in [6.07, 6.45) is 0. The number of nitrogens with one attached hydrogen (secondary N) is 2. The van der Waals surface area contributed by atoms with E-state index in [0.29, 0.717) is 5.02 Å². The summed E-state index contributed by atoms with van der Waals surface area (Å²) in [4.78, 5) is 11.4. The molecule has 0 fully saturated rings. The third kappa shape index (κ3) is 4.57. The molecule has 16 heavy (non-hydrogen) atoms. The van der Waals surface area contributed by atoms with Gasteiger partial charge in [-0.3, -0.25) is 15.5 Å². The Morgan fingerprint density at radius 1 is 1.38 bits per heavy atom. The summed E-state index contributed by atoms with van der Waals surface area (Å²) in [5, 5.41) is 9.38. The molecule has 0 heterocycles. The zero-order chi connectivity index (χ0) is 10.7. The molecule has 0 spiro atoms. The fourth-order valence-corrected chi connectivity index (χ4v) is 1.09. The number of nitrogens with two attached hydrogens (primary N) is 2. The van der Waals surface area contributed by atoms with E-state index in [4.69, 9.17) is 28.5 Å². The van der Waals surface area contributed by atoms with Crippen LogP contribution in [0.3, 0.4) is 0 Å². The highest BCUT2D eigenvalue weighted by molar-refractivity contribution is 6.31. The molecule has 0 saturated heterocycles. The van der Waals surface area contributed by atoms with E-state index in [1.54, 1.807) is 6.07 Å². The maximum Gasteiger partial charge on any atom is 0.260 e. The molecule has 0 aliphatic rings. The SMILES string of the molecule is Cl.Cl.N=C(N)NC(=O)c1cc(Cl)ccc1N. The molecule has 0 aromatic heterocycles. The Morgan fingerprint density at radius 2 is 1.94 bits per heavy atom. The Kier molecular flexibility index (Phi) is 7.71.